The van der Waals surface area contributed by atoms with E-state index in [9.17, 15) is 0 Å². The number of rotatable bonds is 5. The van der Waals surface area contributed by atoms with Crippen LogP contribution in [0, 0.1) is 11.8 Å². The summed E-state index contributed by atoms with van der Waals surface area (Å²) < 4.78 is 2.34. The Kier molecular flexibility index (Phi) is 9.06. The summed E-state index contributed by atoms with van der Waals surface area (Å²) in [5.74, 6) is 5.20. The van der Waals surface area contributed by atoms with Crippen LogP contribution >= 0.6 is 24.0 Å². The smallest absolute Gasteiger partial charge is 0.191 e. The molecule has 0 saturated heterocycles. The summed E-state index contributed by atoms with van der Waals surface area (Å²) in [6, 6.07) is 0.585. The highest BCUT2D eigenvalue weighted by molar-refractivity contribution is 14.0. The fourth-order valence-corrected chi connectivity index (χ4v) is 5.52. The first-order valence-electron chi connectivity index (χ1n) is 11.8. The van der Waals surface area contributed by atoms with Crippen molar-refractivity contribution in [3.8, 4) is 0 Å². The fraction of sp³-hybridized carbons (Fsp3) is 0.864. The Morgan fingerprint density at radius 2 is 1.90 bits per heavy atom. The first kappa shape index (κ1) is 22.8. The summed E-state index contributed by atoms with van der Waals surface area (Å²) in [6.07, 6.45) is 15.6. The van der Waals surface area contributed by atoms with Crippen LogP contribution in [0.1, 0.15) is 82.8 Å². The zero-order valence-corrected chi connectivity index (χ0v) is 20.4. The maximum absolute atomic E-state index is 4.87. The van der Waals surface area contributed by atoms with Crippen LogP contribution in [0.4, 0.5) is 0 Å². The number of aromatic nitrogens is 3. The van der Waals surface area contributed by atoms with E-state index in [0.717, 1.165) is 56.1 Å². The van der Waals surface area contributed by atoms with Crippen LogP contribution in [-0.4, -0.2) is 39.9 Å². The molecule has 29 heavy (non-hydrogen) atoms. The lowest BCUT2D eigenvalue weighted by molar-refractivity contribution is 0.150. The van der Waals surface area contributed by atoms with E-state index in [2.05, 4.69) is 32.3 Å². The van der Waals surface area contributed by atoms with E-state index in [-0.39, 0.29) is 24.0 Å². The van der Waals surface area contributed by atoms with Crippen LogP contribution in [0.3, 0.4) is 0 Å². The van der Waals surface area contributed by atoms with Crippen LogP contribution < -0.4 is 10.6 Å². The van der Waals surface area contributed by atoms with E-state index in [1.54, 1.807) is 0 Å². The first-order valence-corrected chi connectivity index (χ1v) is 11.8. The van der Waals surface area contributed by atoms with Gasteiger partial charge in [0, 0.05) is 38.5 Å². The van der Waals surface area contributed by atoms with E-state index in [1.165, 1.54) is 70.0 Å². The molecule has 6 nitrogen and oxygen atoms in total. The van der Waals surface area contributed by atoms with Crippen molar-refractivity contribution in [1.82, 2.24) is 25.4 Å². The van der Waals surface area contributed by atoms with Crippen LogP contribution in [0.15, 0.2) is 4.99 Å². The molecule has 1 aromatic heterocycles. The highest BCUT2D eigenvalue weighted by Gasteiger charge is 2.32. The lowest BCUT2D eigenvalue weighted by atomic mass is 9.69. The summed E-state index contributed by atoms with van der Waals surface area (Å²) in [5.41, 5.74) is 0. The molecule has 1 aliphatic heterocycles. The molecule has 4 rings (SSSR count). The summed E-state index contributed by atoms with van der Waals surface area (Å²) in [7, 11) is 0. The van der Waals surface area contributed by atoms with Gasteiger partial charge in [-0.15, -0.1) is 34.2 Å². The second-order valence-electron chi connectivity index (χ2n) is 8.96. The second-order valence-corrected chi connectivity index (χ2v) is 8.96. The van der Waals surface area contributed by atoms with Gasteiger partial charge in [0.25, 0.3) is 0 Å². The third-order valence-electron chi connectivity index (χ3n) is 7.02. The monoisotopic (exact) mass is 514 g/mol. The number of hydrogen-bond donors (Lipinski definition) is 2. The topological polar surface area (TPSA) is 67.1 Å². The van der Waals surface area contributed by atoms with Gasteiger partial charge >= 0.3 is 0 Å². The average Bonchev–Trinajstić information content (AvgIpc) is 2.94. The second kappa shape index (κ2) is 11.5. The van der Waals surface area contributed by atoms with Gasteiger partial charge in [-0.05, 0) is 50.9 Å². The maximum Gasteiger partial charge on any atom is 0.191 e. The van der Waals surface area contributed by atoms with Crippen molar-refractivity contribution in [2.75, 3.05) is 13.1 Å². The number of aryl methyl sites for hydroxylation is 1. The Bertz CT molecular complexity index is 658. The quantitative estimate of drug-likeness (QED) is 0.353. The molecule has 3 atom stereocenters. The average molecular weight is 515 g/mol. The molecule has 3 aliphatic rings. The largest absolute Gasteiger partial charge is 0.357 e. The van der Waals surface area contributed by atoms with E-state index in [0.29, 0.717) is 6.04 Å². The SMILES string of the molecule is CCNC(=NCCc1nnc2n1CCCCC2)NC1CCC2CCCCC2C1.I. The number of hydrogen-bond acceptors (Lipinski definition) is 3. The summed E-state index contributed by atoms with van der Waals surface area (Å²) in [4.78, 5) is 4.87. The summed E-state index contributed by atoms with van der Waals surface area (Å²) >= 11 is 0. The van der Waals surface area contributed by atoms with E-state index in [1.807, 2.05) is 0 Å². The van der Waals surface area contributed by atoms with E-state index in [4.69, 9.17) is 4.99 Å². The molecule has 2 heterocycles. The van der Waals surface area contributed by atoms with Gasteiger partial charge in [0.05, 0.1) is 0 Å². The number of halogens is 1. The number of fused-ring (bicyclic) bond motifs is 2. The minimum Gasteiger partial charge on any atom is -0.357 e. The van der Waals surface area contributed by atoms with Gasteiger partial charge in [0.2, 0.25) is 0 Å². The molecule has 1 aromatic rings. The van der Waals surface area contributed by atoms with Crippen LogP contribution in [0.5, 0.6) is 0 Å². The lowest BCUT2D eigenvalue weighted by Crippen LogP contribution is -2.47. The van der Waals surface area contributed by atoms with E-state index < -0.39 is 0 Å². The number of nitrogens with one attached hydrogen (secondary N) is 2. The molecule has 0 radical (unpaired) electrons. The van der Waals surface area contributed by atoms with Gasteiger partial charge < -0.3 is 15.2 Å². The number of aliphatic imine (C=N–C) groups is 1. The van der Waals surface area contributed by atoms with Gasteiger partial charge in [-0.25, -0.2) is 0 Å². The number of guanidine groups is 1. The van der Waals surface area contributed by atoms with Crippen molar-refractivity contribution in [3.63, 3.8) is 0 Å². The summed E-state index contributed by atoms with van der Waals surface area (Å²) in [5, 5.41) is 16.1. The Morgan fingerprint density at radius 1 is 1.03 bits per heavy atom. The standard InChI is InChI=1S/C22H38N6.HI/c1-2-23-22(25-19-12-11-17-8-5-6-9-18(17)16-19)24-14-13-21-27-26-20-10-4-3-7-15-28(20)21;/h17-19H,2-16H2,1H3,(H2,23,24,25);1H. The first-order chi connectivity index (χ1) is 13.8. The summed E-state index contributed by atoms with van der Waals surface area (Å²) in [6.45, 7) is 4.90. The van der Waals surface area contributed by atoms with Gasteiger partial charge in [-0.2, -0.15) is 0 Å². The van der Waals surface area contributed by atoms with Gasteiger partial charge in [-0.1, -0.05) is 32.1 Å². The van der Waals surface area contributed by atoms with Crippen LogP contribution in [0.2, 0.25) is 0 Å². The molecular formula is C22H39IN6. The zero-order chi connectivity index (χ0) is 19.2. The maximum atomic E-state index is 4.87. The minimum atomic E-state index is 0. The third kappa shape index (κ3) is 6.07. The number of nitrogens with zero attached hydrogens (tertiary/aromatic N) is 4. The Balaban J connectivity index is 0.00000240. The van der Waals surface area contributed by atoms with Gasteiger partial charge in [0.1, 0.15) is 11.6 Å². The molecule has 0 aromatic carbocycles. The van der Waals surface area contributed by atoms with Crippen molar-refractivity contribution in [3.05, 3.63) is 11.6 Å². The molecule has 164 valence electrons. The zero-order valence-electron chi connectivity index (χ0n) is 18.0. The highest BCUT2D eigenvalue weighted by Crippen LogP contribution is 2.40. The van der Waals surface area contributed by atoms with Crippen molar-refractivity contribution in [1.29, 1.82) is 0 Å². The molecule has 2 N–H and O–H groups in total. The Hall–Kier alpha value is -0.860. The van der Waals surface area contributed by atoms with Gasteiger partial charge in [0.15, 0.2) is 5.96 Å². The predicted molar refractivity (Wildman–Crippen MR) is 129 cm³/mol. The molecule has 2 saturated carbocycles. The molecule has 0 spiro atoms. The van der Waals surface area contributed by atoms with Gasteiger partial charge in [-0.3, -0.25) is 4.99 Å². The van der Waals surface area contributed by atoms with Crippen LogP contribution in [-0.2, 0) is 19.4 Å². The molecule has 2 fully saturated rings. The van der Waals surface area contributed by atoms with Crippen LogP contribution in [0.25, 0.3) is 0 Å². The van der Waals surface area contributed by atoms with Crippen molar-refractivity contribution >= 4 is 29.9 Å². The predicted octanol–water partition coefficient (Wildman–Crippen LogP) is 4.08. The molecule has 2 aliphatic carbocycles. The van der Waals surface area contributed by atoms with Crippen molar-refractivity contribution in [2.45, 2.75) is 96.6 Å². The Morgan fingerprint density at radius 3 is 2.76 bits per heavy atom. The van der Waals surface area contributed by atoms with E-state index >= 15 is 0 Å². The normalized spacial score (nSPS) is 27.2. The molecule has 0 amide bonds. The fourth-order valence-electron chi connectivity index (χ4n) is 5.52. The van der Waals surface area contributed by atoms with Crippen molar-refractivity contribution < 1.29 is 0 Å². The highest BCUT2D eigenvalue weighted by atomic mass is 127. The molecule has 7 heteroatoms. The third-order valence-corrected chi connectivity index (χ3v) is 7.02. The molecule has 3 unspecified atom stereocenters. The lowest BCUT2D eigenvalue weighted by Gasteiger charge is -2.39. The molecule has 0 bridgehead atoms. The Labute approximate surface area is 193 Å². The van der Waals surface area contributed by atoms with Crippen molar-refractivity contribution in [2.24, 2.45) is 16.8 Å². The minimum absolute atomic E-state index is 0. The molecular weight excluding hydrogens is 475 g/mol.